The summed E-state index contributed by atoms with van der Waals surface area (Å²) in [5.41, 5.74) is 0.642. The van der Waals surface area contributed by atoms with Crippen molar-refractivity contribution in [3.05, 3.63) is 39.8 Å². The number of amides is 2. The lowest BCUT2D eigenvalue weighted by Crippen LogP contribution is -2.72. The first-order valence-corrected chi connectivity index (χ1v) is 8.07. The molecule has 26 heavy (non-hydrogen) atoms. The third-order valence-corrected chi connectivity index (χ3v) is 4.30. The number of hydrogen-bond acceptors (Lipinski definition) is 6. The van der Waals surface area contributed by atoms with Gasteiger partial charge in [0.1, 0.15) is 17.3 Å². The molecule has 2 N–H and O–H groups in total. The van der Waals surface area contributed by atoms with Crippen LogP contribution >= 0.6 is 0 Å². The van der Waals surface area contributed by atoms with Gasteiger partial charge in [-0.1, -0.05) is 0 Å². The molecule has 1 fully saturated rings. The van der Waals surface area contributed by atoms with E-state index in [1.54, 1.807) is 16.7 Å². The lowest BCUT2D eigenvalue weighted by atomic mass is 9.98. The van der Waals surface area contributed by atoms with Crippen molar-refractivity contribution >= 4 is 28.8 Å². The van der Waals surface area contributed by atoms with Crippen LogP contribution in [0, 0.1) is 6.92 Å². The number of carbonyl (C=O) groups is 3. The van der Waals surface area contributed by atoms with Gasteiger partial charge in [0.15, 0.2) is 6.04 Å². The van der Waals surface area contributed by atoms with E-state index >= 15 is 0 Å². The number of fused-ring (bicyclic) bond motifs is 1. The molecule has 0 spiro atoms. The first kappa shape index (κ1) is 17.6. The number of aryl methyl sites for hydroxylation is 2. The van der Waals surface area contributed by atoms with Crippen LogP contribution in [0.2, 0.25) is 0 Å². The van der Waals surface area contributed by atoms with Crippen LogP contribution in [0.25, 0.3) is 11.0 Å². The van der Waals surface area contributed by atoms with Gasteiger partial charge in [-0.05, 0) is 26.0 Å². The summed E-state index contributed by atoms with van der Waals surface area (Å²) in [5, 5.41) is 5.09. The lowest BCUT2D eigenvalue weighted by Gasteiger charge is -2.34. The number of nitrogens with zero attached hydrogens (tertiary/aromatic N) is 2. The Balaban J connectivity index is 1.97. The van der Waals surface area contributed by atoms with Crippen LogP contribution in [0.15, 0.2) is 23.1 Å². The van der Waals surface area contributed by atoms with E-state index in [-0.39, 0.29) is 5.56 Å². The second-order valence-corrected chi connectivity index (χ2v) is 5.94. The molecule has 2 amide bonds. The highest BCUT2D eigenvalue weighted by Crippen LogP contribution is 2.13. The number of methoxy groups -OCH3 is 1. The predicted molar refractivity (Wildman–Crippen MR) is 91.6 cm³/mol. The Bertz CT molecular complexity index is 981. The zero-order valence-electron chi connectivity index (χ0n) is 14.5. The van der Waals surface area contributed by atoms with Gasteiger partial charge in [0.2, 0.25) is 11.3 Å². The largest absolute Gasteiger partial charge is 0.467 e. The summed E-state index contributed by atoms with van der Waals surface area (Å²) in [6.45, 7) is 4.18. The number of β-lactam (4-membered cyclic amide) rings is 1. The highest BCUT2D eigenvalue weighted by molar-refractivity contribution is 6.05. The van der Waals surface area contributed by atoms with Crippen molar-refractivity contribution in [2.24, 2.45) is 0 Å². The smallest absolute Gasteiger partial charge is 0.331 e. The van der Waals surface area contributed by atoms with Gasteiger partial charge < -0.3 is 19.9 Å². The van der Waals surface area contributed by atoms with Gasteiger partial charge in [-0.25, -0.2) is 9.78 Å². The molecule has 136 valence electrons. The number of ether oxygens (including phenoxy) is 1. The molecule has 9 nitrogen and oxygen atoms in total. The normalized spacial score (nSPS) is 18.8. The molecule has 0 unspecified atom stereocenters. The SMILES string of the molecule is CCn1cc(C(=O)N[C@H]2C(=O)N[C@H]2C(=O)OC)c(=O)c2ccc(C)nc21. The first-order chi connectivity index (χ1) is 12.4. The zero-order valence-corrected chi connectivity index (χ0v) is 14.5. The molecular formula is C17H18N4O5. The van der Waals surface area contributed by atoms with Crippen molar-refractivity contribution < 1.29 is 19.1 Å². The second kappa shape index (κ2) is 6.58. The Kier molecular flexibility index (Phi) is 4.45. The molecule has 9 heteroatoms. The van der Waals surface area contributed by atoms with Crippen LogP contribution in [-0.4, -0.2) is 46.5 Å². The van der Waals surface area contributed by atoms with Crippen molar-refractivity contribution in [3.63, 3.8) is 0 Å². The second-order valence-electron chi connectivity index (χ2n) is 5.94. The highest BCUT2D eigenvalue weighted by Gasteiger charge is 2.46. The van der Waals surface area contributed by atoms with Crippen molar-refractivity contribution in [1.82, 2.24) is 20.2 Å². The highest BCUT2D eigenvalue weighted by atomic mass is 16.5. The number of pyridine rings is 2. The van der Waals surface area contributed by atoms with E-state index in [2.05, 4.69) is 20.4 Å². The first-order valence-electron chi connectivity index (χ1n) is 8.07. The number of carbonyl (C=O) groups excluding carboxylic acids is 3. The molecule has 2 aromatic rings. The number of esters is 1. The molecule has 0 radical (unpaired) electrons. The summed E-state index contributed by atoms with van der Waals surface area (Å²) in [4.78, 5) is 52.9. The average Bonchev–Trinajstić information content (AvgIpc) is 2.63. The fraction of sp³-hybridized carbons (Fsp3) is 0.353. The number of aromatic nitrogens is 2. The zero-order chi connectivity index (χ0) is 19.0. The maximum absolute atomic E-state index is 12.7. The third kappa shape index (κ3) is 2.81. The Morgan fingerprint density at radius 2 is 2.08 bits per heavy atom. The number of nitrogens with one attached hydrogen (secondary N) is 2. The Morgan fingerprint density at radius 3 is 2.69 bits per heavy atom. The van der Waals surface area contributed by atoms with E-state index in [4.69, 9.17) is 0 Å². The molecule has 1 aliphatic heterocycles. The minimum absolute atomic E-state index is 0.117. The van der Waals surface area contributed by atoms with Crippen molar-refractivity contribution in [2.45, 2.75) is 32.5 Å². The molecule has 0 bridgehead atoms. The van der Waals surface area contributed by atoms with Gasteiger partial charge in [0.05, 0.1) is 12.5 Å². The summed E-state index contributed by atoms with van der Waals surface area (Å²) in [6, 6.07) is 1.28. The molecule has 2 aromatic heterocycles. The van der Waals surface area contributed by atoms with Gasteiger partial charge in [-0.2, -0.15) is 0 Å². The van der Waals surface area contributed by atoms with Crippen LogP contribution < -0.4 is 16.1 Å². The van der Waals surface area contributed by atoms with Crippen molar-refractivity contribution in [1.29, 1.82) is 0 Å². The summed E-state index contributed by atoms with van der Waals surface area (Å²) in [5.74, 6) is -1.91. The van der Waals surface area contributed by atoms with E-state index < -0.39 is 35.3 Å². The molecule has 2 atom stereocenters. The van der Waals surface area contributed by atoms with Gasteiger partial charge in [0, 0.05) is 18.4 Å². The minimum atomic E-state index is -1.07. The predicted octanol–water partition coefficient (Wildman–Crippen LogP) is -0.505. The molecular weight excluding hydrogens is 340 g/mol. The average molecular weight is 358 g/mol. The van der Waals surface area contributed by atoms with Crippen LogP contribution in [0.5, 0.6) is 0 Å². The Labute approximate surface area is 148 Å². The molecule has 3 heterocycles. The molecule has 0 saturated carbocycles. The number of hydrogen-bond donors (Lipinski definition) is 2. The van der Waals surface area contributed by atoms with E-state index in [1.807, 2.05) is 13.8 Å². The topological polar surface area (TPSA) is 119 Å². The van der Waals surface area contributed by atoms with Gasteiger partial charge in [0.25, 0.3) is 5.91 Å². The van der Waals surface area contributed by atoms with E-state index in [0.717, 1.165) is 5.69 Å². The van der Waals surface area contributed by atoms with Crippen molar-refractivity contribution in [3.8, 4) is 0 Å². The molecule has 0 aliphatic carbocycles. The molecule has 1 aliphatic rings. The Hall–Kier alpha value is -3.23. The van der Waals surface area contributed by atoms with Crippen LogP contribution in [0.1, 0.15) is 23.0 Å². The monoisotopic (exact) mass is 358 g/mol. The van der Waals surface area contributed by atoms with Gasteiger partial charge in [-0.3, -0.25) is 14.4 Å². The summed E-state index contributed by atoms with van der Waals surface area (Å²) in [7, 11) is 1.18. The molecule has 1 saturated heterocycles. The maximum Gasteiger partial charge on any atom is 0.331 e. The van der Waals surface area contributed by atoms with Gasteiger partial charge in [-0.15, -0.1) is 0 Å². The van der Waals surface area contributed by atoms with Crippen LogP contribution in [0.3, 0.4) is 0 Å². The minimum Gasteiger partial charge on any atom is -0.467 e. The van der Waals surface area contributed by atoms with Crippen LogP contribution in [0.4, 0.5) is 0 Å². The van der Waals surface area contributed by atoms with E-state index in [0.29, 0.717) is 17.6 Å². The fourth-order valence-corrected chi connectivity index (χ4v) is 2.83. The molecule has 3 rings (SSSR count). The number of rotatable bonds is 4. The standard InChI is InChI=1S/C17H18N4O5/c1-4-21-7-10(13(22)9-6-5-8(2)18-14(9)21)15(23)19-11-12(17(25)26-3)20-16(11)24/h5-7,11-12H,4H2,1-3H3,(H,19,23)(H,20,24)/t11-,12-/m1/s1. The fourth-order valence-electron chi connectivity index (χ4n) is 2.83. The Morgan fingerprint density at radius 1 is 1.35 bits per heavy atom. The quantitative estimate of drug-likeness (QED) is 0.561. The summed E-state index contributed by atoms with van der Waals surface area (Å²) in [6.07, 6.45) is 1.41. The van der Waals surface area contributed by atoms with Crippen molar-refractivity contribution in [2.75, 3.05) is 7.11 Å². The molecule has 0 aromatic carbocycles. The van der Waals surface area contributed by atoms with Crippen LogP contribution in [-0.2, 0) is 20.9 Å². The third-order valence-electron chi connectivity index (χ3n) is 4.30. The summed E-state index contributed by atoms with van der Waals surface area (Å²) >= 11 is 0. The van der Waals surface area contributed by atoms with E-state index in [9.17, 15) is 19.2 Å². The van der Waals surface area contributed by atoms with E-state index in [1.165, 1.54) is 13.3 Å². The summed E-state index contributed by atoms with van der Waals surface area (Å²) < 4.78 is 6.26. The maximum atomic E-state index is 12.7. The van der Waals surface area contributed by atoms with Gasteiger partial charge >= 0.3 is 5.97 Å². The lowest BCUT2D eigenvalue weighted by molar-refractivity contribution is -0.152.